The molecule has 0 saturated heterocycles. The van der Waals surface area contributed by atoms with E-state index < -0.39 is 23.7 Å². The quantitative estimate of drug-likeness (QED) is 0.396. The molecule has 0 radical (unpaired) electrons. The fourth-order valence-corrected chi connectivity index (χ4v) is 5.02. The van der Waals surface area contributed by atoms with Crippen molar-refractivity contribution in [1.29, 1.82) is 0 Å². The number of fused-ring (bicyclic) bond motifs is 1. The SMILES string of the molecule is Cc1cc2c(cc1C(OCc1cccc(F)c1F)c1ccc(C(=O)O)cc1)C(C)(C)CCC2(C)C. The van der Waals surface area contributed by atoms with E-state index in [1.54, 1.807) is 12.1 Å². The molecule has 0 fully saturated rings. The van der Waals surface area contributed by atoms with E-state index >= 15 is 0 Å². The zero-order chi connectivity index (χ0) is 25.5. The molecule has 1 aliphatic rings. The molecule has 0 amide bonds. The van der Waals surface area contributed by atoms with Crippen LogP contribution in [0.3, 0.4) is 0 Å². The van der Waals surface area contributed by atoms with Gasteiger partial charge in [0.15, 0.2) is 11.6 Å². The van der Waals surface area contributed by atoms with Crippen molar-refractivity contribution >= 4 is 5.97 Å². The Morgan fingerprint density at radius 3 is 2.17 bits per heavy atom. The third kappa shape index (κ3) is 4.87. The molecule has 1 unspecified atom stereocenters. The van der Waals surface area contributed by atoms with Gasteiger partial charge < -0.3 is 9.84 Å². The average Bonchev–Trinajstić information content (AvgIpc) is 2.80. The van der Waals surface area contributed by atoms with Crippen LogP contribution >= 0.6 is 0 Å². The van der Waals surface area contributed by atoms with Crippen LogP contribution in [0.1, 0.15) is 90.4 Å². The molecule has 0 heterocycles. The molecule has 0 saturated carbocycles. The number of halogens is 2. The molecule has 3 aromatic rings. The van der Waals surface area contributed by atoms with Crippen LogP contribution in [0.25, 0.3) is 0 Å². The van der Waals surface area contributed by atoms with Crippen molar-refractivity contribution in [1.82, 2.24) is 0 Å². The van der Waals surface area contributed by atoms with Gasteiger partial charge in [0.05, 0.1) is 12.2 Å². The lowest BCUT2D eigenvalue weighted by molar-refractivity contribution is 0.0637. The number of carbonyl (C=O) groups is 1. The van der Waals surface area contributed by atoms with Gasteiger partial charge in [0.2, 0.25) is 0 Å². The molecule has 184 valence electrons. The van der Waals surface area contributed by atoms with E-state index in [0.717, 1.165) is 35.6 Å². The molecule has 1 atom stereocenters. The maximum Gasteiger partial charge on any atom is 0.335 e. The molecular weight excluding hydrogens is 446 g/mol. The molecule has 3 aromatic carbocycles. The minimum atomic E-state index is -1.01. The molecule has 0 spiro atoms. The van der Waals surface area contributed by atoms with E-state index in [1.165, 1.54) is 35.4 Å². The van der Waals surface area contributed by atoms with Gasteiger partial charge in [-0.3, -0.25) is 0 Å². The number of aryl methyl sites for hydroxylation is 1. The van der Waals surface area contributed by atoms with Gasteiger partial charge in [0.1, 0.15) is 6.10 Å². The predicted molar refractivity (Wildman–Crippen MR) is 133 cm³/mol. The first-order chi connectivity index (χ1) is 16.4. The number of carboxylic acid groups (broad SMARTS) is 1. The van der Waals surface area contributed by atoms with Gasteiger partial charge >= 0.3 is 5.97 Å². The Balaban J connectivity index is 1.81. The van der Waals surface area contributed by atoms with Crippen molar-refractivity contribution in [2.75, 3.05) is 0 Å². The molecule has 4 rings (SSSR count). The molecule has 0 aromatic heterocycles. The van der Waals surface area contributed by atoms with Crippen molar-refractivity contribution in [2.45, 2.75) is 71.0 Å². The normalized spacial score (nSPS) is 17.0. The minimum Gasteiger partial charge on any atom is -0.478 e. The van der Waals surface area contributed by atoms with Crippen molar-refractivity contribution in [3.63, 3.8) is 0 Å². The first-order valence-electron chi connectivity index (χ1n) is 11.9. The van der Waals surface area contributed by atoms with Gasteiger partial charge in [-0.05, 0) is 76.6 Å². The number of aromatic carboxylic acids is 1. The highest BCUT2D eigenvalue weighted by molar-refractivity contribution is 5.87. The van der Waals surface area contributed by atoms with E-state index in [2.05, 4.69) is 39.8 Å². The monoisotopic (exact) mass is 478 g/mol. The summed E-state index contributed by atoms with van der Waals surface area (Å²) in [6.45, 7) is 11.0. The lowest BCUT2D eigenvalue weighted by Crippen LogP contribution is -2.34. The Hall–Kier alpha value is -3.05. The third-order valence-corrected chi connectivity index (χ3v) is 7.42. The van der Waals surface area contributed by atoms with Crippen molar-refractivity contribution < 1.29 is 23.4 Å². The summed E-state index contributed by atoms with van der Waals surface area (Å²) in [7, 11) is 0. The Kier molecular flexibility index (Phi) is 6.58. The second kappa shape index (κ2) is 9.19. The van der Waals surface area contributed by atoms with Crippen LogP contribution in [0.5, 0.6) is 0 Å². The summed E-state index contributed by atoms with van der Waals surface area (Å²) in [6.07, 6.45) is 1.58. The van der Waals surface area contributed by atoms with E-state index in [-0.39, 0.29) is 28.6 Å². The van der Waals surface area contributed by atoms with Gasteiger partial charge in [-0.15, -0.1) is 0 Å². The van der Waals surface area contributed by atoms with Gasteiger partial charge in [0, 0.05) is 5.56 Å². The molecule has 5 heteroatoms. The Morgan fingerprint density at radius 2 is 1.57 bits per heavy atom. The molecule has 0 aliphatic heterocycles. The summed E-state index contributed by atoms with van der Waals surface area (Å²) in [5.74, 6) is -2.84. The standard InChI is InChI=1S/C30H32F2O3/c1-18-15-23-24(30(4,5)14-13-29(23,2)3)16-22(18)27(19-9-11-20(12-10-19)28(33)34)35-17-21-7-6-8-25(31)26(21)32/h6-12,15-16,27H,13-14,17H2,1-5H3,(H,33,34). The zero-order valence-electron chi connectivity index (χ0n) is 20.9. The second-order valence-electron chi connectivity index (χ2n) is 10.9. The summed E-state index contributed by atoms with van der Waals surface area (Å²) < 4.78 is 34.4. The van der Waals surface area contributed by atoms with E-state index in [1.807, 2.05) is 6.92 Å². The molecule has 1 N–H and O–H groups in total. The lowest BCUT2D eigenvalue weighted by atomic mass is 9.62. The minimum absolute atomic E-state index is 0.0142. The fraction of sp³-hybridized carbons (Fsp3) is 0.367. The van der Waals surface area contributed by atoms with Crippen molar-refractivity contribution in [3.8, 4) is 0 Å². The fourth-order valence-electron chi connectivity index (χ4n) is 5.02. The number of benzene rings is 3. The zero-order valence-corrected chi connectivity index (χ0v) is 20.9. The average molecular weight is 479 g/mol. The van der Waals surface area contributed by atoms with Crippen molar-refractivity contribution in [3.05, 3.63) is 105 Å². The Morgan fingerprint density at radius 1 is 0.971 bits per heavy atom. The highest BCUT2D eigenvalue weighted by atomic mass is 19.2. The van der Waals surface area contributed by atoms with Crippen LogP contribution in [-0.4, -0.2) is 11.1 Å². The Labute approximate surface area is 205 Å². The molecule has 3 nitrogen and oxygen atoms in total. The first-order valence-corrected chi connectivity index (χ1v) is 11.9. The number of hydrogen-bond donors (Lipinski definition) is 1. The van der Waals surface area contributed by atoms with E-state index in [9.17, 15) is 18.7 Å². The molecule has 35 heavy (non-hydrogen) atoms. The van der Waals surface area contributed by atoms with Gasteiger partial charge in [-0.1, -0.05) is 64.1 Å². The Bertz CT molecular complexity index is 1260. The van der Waals surface area contributed by atoms with Gasteiger partial charge in [-0.25, -0.2) is 13.6 Å². The van der Waals surface area contributed by atoms with Crippen LogP contribution < -0.4 is 0 Å². The van der Waals surface area contributed by atoms with E-state index in [0.29, 0.717) is 0 Å². The van der Waals surface area contributed by atoms with Crippen LogP contribution in [0.2, 0.25) is 0 Å². The molecule has 1 aliphatic carbocycles. The summed E-state index contributed by atoms with van der Waals surface area (Å²) >= 11 is 0. The summed E-state index contributed by atoms with van der Waals surface area (Å²) in [6, 6.07) is 15.0. The third-order valence-electron chi connectivity index (χ3n) is 7.42. The first kappa shape index (κ1) is 25.1. The highest BCUT2D eigenvalue weighted by Crippen LogP contribution is 2.47. The lowest BCUT2D eigenvalue weighted by Gasteiger charge is -2.42. The maximum atomic E-state index is 14.4. The van der Waals surface area contributed by atoms with Crippen LogP contribution in [0.4, 0.5) is 8.78 Å². The highest BCUT2D eigenvalue weighted by Gasteiger charge is 2.38. The number of rotatable bonds is 6. The van der Waals surface area contributed by atoms with Crippen molar-refractivity contribution in [2.24, 2.45) is 0 Å². The molecular formula is C30H32F2O3. The van der Waals surface area contributed by atoms with Gasteiger partial charge in [0.25, 0.3) is 0 Å². The van der Waals surface area contributed by atoms with Gasteiger partial charge in [-0.2, -0.15) is 0 Å². The summed E-state index contributed by atoms with van der Waals surface area (Å²) in [5.41, 5.74) is 5.67. The largest absolute Gasteiger partial charge is 0.478 e. The van der Waals surface area contributed by atoms with E-state index in [4.69, 9.17) is 4.74 Å². The summed E-state index contributed by atoms with van der Waals surface area (Å²) in [5, 5.41) is 9.31. The smallest absolute Gasteiger partial charge is 0.335 e. The number of hydrogen-bond acceptors (Lipinski definition) is 2. The number of ether oxygens (including phenoxy) is 1. The number of carboxylic acids is 1. The maximum absolute atomic E-state index is 14.4. The van der Waals surface area contributed by atoms with Crippen LogP contribution in [-0.2, 0) is 22.2 Å². The van der Waals surface area contributed by atoms with Crippen LogP contribution in [0.15, 0.2) is 54.6 Å². The summed E-state index contributed by atoms with van der Waals surface area (Å²) in [4.78, 5) is 11.4. The molecule has 0 bridgehead atoms. The topological polar surface area (TPSA) is 46.5 Å². The second-order valence-corrected chi connectivity index (χ2v) is 10.9. The van der Waals surface area contributed by atoms with Crippen LogP contribution in [0, 0.1) is 18.6 Å². The predicted octanol–water partition coefficient (Wildman–Crippen LogP) is 7.63.